The van der Waals surface area contributed by atoms with E-state index >= 15 is 0 Å². The van der Waals surface area contributed by atoms with Crippen molar-refractivity contribution in [1.82, 2.24) is 4.90 Å². The number of unbranched alkanes of at least 4 members (excludes halogenated alkanes) is 1. The maximum Gasteiger partial charge on any atom is 0.222 e. The normalized spacial score (nSPS) is 16.2. The third-order valence-electron chi connectivity index (χ3n) is 5.02. The van der Waals surface area contributed by atoms with Gasteiger partial charge in [0.05, 0.1) is 6.61 Å². The Morgan fingerprint density at radius 1 is 1.28 bits per heavy atom. The molecular formula is C20H33ClN2O2. The summed E-state index contributed by atoms with van der Waals surface area (Å²) < 4.78 is 5.85. The van der Waals surface area contributed by atoms with Crippen LogP contribution in [0.15, 0.2) is 18.2 Å². The van der Waals surface area contributed by atoms with Crippen molar-refractivity contribution in [2.75, 3.05) is 19.7 Å². The van der Waals surface area contributed by atoms with E-state index in [9.17, 15) is 4.79 Å². The molecule has 2 N–H and O–H groups in total. The van der Waals surface area contributed by atoms with E-state index in [1.165, 1.54) is 5.56 Å². The van der Waals surface area contributed by atoms with Crippen LogP contribution in [0.2, 0.25) is 0 Å². The van der Waals surface area contributed by atoms with Gasteiger partial charge in [0.1, 0.15) is 5.75 Å². The van der Waals surface area contributed by atoms with Gasteiger partial charge in [0.15, 0.2) is 0 Å². The van der Waals surface area contributed by atoms with Crippen LogP contribution in [-0.4, -0.2) is 36.5 Å². The average molecular weight is 369 g/mol. The minimum absolute atomic E-state index is 0. The molecular weight excluding hydrogens is 336 g/mol. The molecule has 1 fully saturated rings. The van der Waals surface area contributed by atoms with Crippen LogP contribution in [0.4, 0.5) is 0 Å². The third kappa shape index (κ3) is 6.87. The van der Waals surface area contributed by atoms with E-state index in [1.54, 1.807) is 0 Å². The third-order valence-corrected chi connectivity index (χ3v) is 5.02. The Hall–Kier alpha value is -1.26. The second kappa shape index (κ2) is 10.7. The molecule has 25 heavy (non-hydrogen) atoms. The van der Waals surface area contributed by atoms with Crippen molar-refractivity contribution in [2.45, 2.75) is 58.9 Å². The number of hydrogen-bond donors (Lipinski definition) is 1. The lowest BCUT2D eigenvalue weighted by atomic mass is 9.91. The van der Waals surface area contributed by atoms with Crippen molar-refractivity contribution in [2.24, 2.45) is 11.7 Å². The molecule has 1 saturated heterocycles. The largest absolute Gasteiger partial charge is 0.493 e. The highest BCUT2D eigenvalue weighted by Gasteiger charge is 2.24. The molecule has 142 valence electrons. The van der Waals surface area contributed by atoms with Crippen LogP contribution < -0.4 is 10.5 Å². The molecule has 0 saturated carbocycles. The molecule has 1 aliphatic heterocycles. The van der Waals surface area contributed by atoms with Gasteiger partial charge in [0.2, 0.25) is 5.91 Å². The van der Waals surface area contributed by atoms with Gasteiger partial charge >= 0.3 is 0 Å². The van der Waals surface area contributed by atoms with Crippen LogP contribution in [-0.2, 0) is 4.79 Å². The Morgan fingerprint density at radius 3 is 2.60 bits per heavy atom. The Morgan fingerprint density at radius 2 is 1.96 bits per heavy atom. The predicted octanol–water partition coefficient (Wildman–Crippen LogP) is 3.86. The van der Waals surface area contributed by atoms with Gasteiger partial charge in [0.25, 0.3) is 0 Å². The molecule has 1 aromatic rings. The predicted molar refractivity (Wildman–Crippen MR) is 105 cm³/mol. The SMILES string of the molecule is Cc1ccc(C)c(OCCCCC(=O)N2CCC(C(C)N)CC2)c1.Cl. The molecule has 1 aromatic carbocycles. The number of likely N-dealkylation sites (tertiary alicyclic amines) is 1. The highest BCUT2D eigenvalue weighted by atomic mass is 35.5. The lowest BCUT2D eigenvalue weighted by Crippen LogP contribution is -2.42. The van der Waals surface area contributed by atoms with E-state index < -0.39 is 0 Å². The summed E-state index contributed by atoms with van der Waals surface area (Å²) in [7, 11) is 0. The van der Waals surface area contributed by atoms with Crippen LogP contribution in [0.1, 0.15) is 50.2 Å². The van der Waals surface area contributed by atoms with Gasteiger partial charge in [0, 0.05) is 25.6 Å². The molecule has 2 rings (SSSR count). The Balaban J connectivity index is 0.00000312. The fourth-order valence-corrected chi connectivity index (χ4v) is 3.26. The van der Waals surface area contributed by atoms with Crippen LogP contribution in [0.25, 0.3) is 0 Å². The van der Waals surface area contributed by atoms with Crippen LogP contribution >= 0.6 is 12.4 Å². The molecule has 0 aliphatic carbocycles. The average Bonchev–Trinajstić information content (AvgIpc) is 2.57. The van der Waals surface area contributed by atoms with Crippen molar-refractivity contribution in [3.05, 3.63) is 29.3 Å². The van der Waals surface area contributed by atoms with Gasteiger partial charge in [-0.05, 0) is 69.6 Å². The zero-order valence-electron chi connectivity index (χ0n) is 15.8. The molecule has 1 aliphatic rings. The second-order valence-corrected chi connectivity index (χ2v) is 7.15. The maximum absolute atomic E-state index is 12.3. The number of carbonyl (C=O) groups excluding carboxylic acids is 1. The van der Waals surface area contributed by atoms with Gasteiger partial charge in [-0.1, -0.05) is 12.1 Å². The molecule has 1 heterocycles. The van der Waals surface area contributed by atoms with E-state index in [-0.39, 0.29) is 24.4 Å². The van der Waals surface area contributed by atoms with E-state index in [1.807, 2.05) is 4.90 Å². The van der Waals surface area contributed by atoms with Crippen LogP contribution in [0, 0.1) is 19.8 Å². The number of rotatable bonds is 7. The number of aryl methyl sites for hydroxylation is 2. The summed E-state index contributed by atoms with van der Waals surface area (Å²) in [6, 6.07) is 6.49. The molecule has 5 heteroatoms. The Kier molecular flexibility index (Phi) is 9.30. The highest BCUT2D eigenvalue weighted by Crippen LogP contribution is 2.21. The van der Waals surface area contributed by atoms with E-state index in [2.05, 4.69) is 39.0 Å². The number of ether oxygens (including phenoxy) is 1. The molecule has 0 bridgehead atoms. The van der Waals surface area contributed by atoms with Crippen molar-refractivity contribution in [1.29, 1.82) is 0 Å². The molecule has 1 unspecified atom stereocenters. The molecule has 0 spiro atoms. The van der Waals surface area contributed by atoms with Gasteiger partial charge in [-0.15, -0.1) is 12.4 Å². The number of halogens is 1. The minimum atomic E-state index is 0. The number of hydrogen-bond acceptors (Lipinski definition) is 3. The van der Waals surface area contributed by atoms with Crippen molar-refractivity contribution < 1.29 is 9.53 Å². The van der Waals surface area contributed by atoms with Gasteiger partial charge < -0.3 is 15.4 Å². The number of piperidine rings is 1. The molecule has 4 nitrogen and oxygen atoms in total. The summed E-state index contributed by atoms with van der Waals surface area (Å²) in [5, 5.41) is 0. The molecule has 0 radical (unpaired) electrons. The summed E-state index contributed by atoms with van der Waals surface area (Å²) in [6.45, 7) is 8.60. The minimum Gasteiger partial charge on any atom is -0.493 e. The first kappa shape index (κ1) is 21.8. The number of benzene rings is 1. The van der Waals surface area contributed by atoms with Gasteiger partial charge in [-0.2, -0.15) is 0 Å². The monoisotopic (exact) mass is 368 g/mol. The lowest BCUT2D eigenvalue weighted by Gasteiger charge is -2.33. The first-order chi connectivity index (χ1) is 11.5. The summed E-state index contributed by atoms with van der Waals surface area (Å²) in [5.74, 6) is 1.81. The standard InChI is InChI=1S/C20H32N2O2.ClH/c1-15-7-8-16(2)19(14-15)24-13-5-4-6-20(23)22-11-9-18(10-12-22)17(3)21;/h7-8,14,17-18H,4-6,9-13,21H2,1-3H3;1H. The fourth-order valence-electron chi connectivity index (χ4n) is 3.26. The molecule has 0 aromatic heterocycles. The number of carbonyl (C=O) groups is 1. The van der Waals surface area contributed by atoms with E-state index in [0.29, 0.717) is 18.9 Å². The number of nitrogens with two attached hydrogens (primary N) is 1. The van der Waals surface area contributed by atoms with Gasteiger partial charge in [-0.25, -0.2) is 0 Å². The Labute approximate surface area is 158 Å². The summed E-state index contributed by atoms with van der Waals surface area (Å²) in [5.41, 5.74) is 8.32. The van der Waals surface area contributed by atoms with Crippen LogP contribution in [0.3, 0.4) is 0 Å². The van der Waals surface area contributed by atoms with Crippen molar-refractivity contribution in [3.63, 3.8) is 0 Å². The smallest absolute Gasteiger partial charge is 0.222 e. The highest BCUT2D eigenvalue weighted by molar-refractivity contribution is 5.85. The summed E-state index contributed by atoms with van der Waals surface area (Å²) in [6.07, 6.45) is 4.50. The zero-order valence-corrected chi connectivity index (χ0v) is 16.6. The number of amides is 1. The second-order valence-electron chi connectivity index (χ2n) is 7.15. The number of nitrogens with zero attached hydrogens (tertiary/aromatic N) is 1. The fraction of sp³-hybridized carbons (Fsp3) is 0.650. The Bertz CT molecular complexity index is 540. The maximum atomic E-state index is 12.3. The molecule has 1 atom stereocenters. The quantitative estimate of drug-likeness (QED) is 0.743. The zero-order chi connectivity index (χ0) is 17.5. The lowest BCUT2D eigenvalue weighted by molar-refractivity contribution is -0.132. The molecule has 1 amide bonds. The first-order valence-corrected chi connectivity index (χ1v) is 9.21. The topological polar surface area (TPSA) is 55.6 Å². The summed E-state index contributed by atoms with van der Waals surface area (Å²) >= 11 is 0. The van der Waals surface area contributed by atoms with E-state index in [4.69, 9.17) is 10.5 Å². The van der Waals surface area contributed by atoms with Gasteiger partial charge in [-0.3, -0.25) is 4.79 Å². The van der Waals surface area contributed by atoms with Crippen LogP contribution in [0.5, 0.6) is 5.75 Å². The van der Waals surface area contributed by atoms with Crippen molar-refractivity contribution >= 4 is 18.3 Å². The summed E-state index contributed by atoms with van der Waals surface area (Å²) in [4.78, 5) is 14.3. The first-order valence-electron chi connectivity index (χ1n) is 9.21. The van der Waals surface area contributed by atoms with Crippen molar-refractivity contribution in [3.8, 4) is 5.75 Å². The van der Waals surface area contributed by atoms with E-state index in [0.717, 1.165) is 50.1 Å².